The molecule has 0 amide bonds. The largest absolute Gasteiger partial charge is 0.494 e. The minimum absolute atomic E-state index is 0.0528. The van der Waals surface area contributed by atoms with Gasteiger partial charge in [-0.15, -0.1) is 0 Å². The normalized spacial score (nSPS) is 12.4. The van der Waals surface area contributed by atoms with Gasteiger partial charge in [-0.25, -0.2) is 0 Å². The first-order chi connectivity index (χ1) is 51.3. The van der Waals surface area contributed by atoms with Crippen LogP contribution in [0, 0.1) is 0 Å². The van der Waals surface area contributed by atoms with Crippen LogP contribution < -0.4 is 32.5 Å². The van der Waals surface area contributed by atoms with Crippen LogP contribution in [-0.2, 0) is 13.1 Å². The summed E-state index contributed by atoms with van der Waals surface area (Å²) in [5.74, 6) is -0.133. The Morgan fingerprint density at radius 3 is 0.712 bits per heavy atom. The lowest BCUT2D eigenvalue weighted by Gasteiger charge is -2.25. The number of nitrogens with one attached hydrogen (secondary N) is 2. The number of aromatic nitrogens is 2. The molecule has 10 heteroatoms. The van der Waals surface area contributed by atoms with Gasteiger partial charge in [0.15, 0.2) is 0 Å². The maximum Gasteiger partial charge on any atom is 0.263 e. The van der Waals surface area contributed by atoms with E-state index < -0.39 is 0 Å². The molecule has 0 fully saturated rings. The molecule has 4 aromatic rings. The molecule has 2 aromatic carbocycles. The van der Waals surface area contributed by atoms with Gasteiger partial charge in [0.2, 0.25) is 11.8 Å². The van der Waals surface area contributed by atoms with Gasteiger partial charge in [-0.1, -0.05) is 440 Å². The summed E-state index contributed by atoms with van der Waals surface area (Å²) in [5, 5.41) is 38.7. The van der Waals surface area contributed by atoms with E-state index in [1.807, 2.05) is 0 Å². The average molecular weight is 1450 g/mol. The lowest BCUT2D eigenvalue weighted by Crippen LogP contribution is -2.37. The van der Waals surface area contributed by atoms with E-state index in [-0.39, 0.29) is 22.9 Å². The van der Waals surface area contributed by atoms with Crippen LogP contribution in [0.25, 0.3) is 32.3 Å². The number of anilines is 2. The molecule has 2 aromatic heterocycles. The van der Waals surface area contributed by atoms with E-state index in [4.69, 9.17) is 9.98 Å². The summed E-state index contributed by atoms with van der Waals surface area (Å²) in [6, 6.07) is 0. The molecule has 2 heterocycles. The Balaban J connectivity index is 1.87. The molecular weight excluding hydrogens is 1280 g/mol. The van der Waals surface area contributed by atoms with Crippen LogP contribution in [-0.4, -0.2) is 45.5 Å². The number of unbranched alkanes of at least 4 members (excludes halogenated alkanes) is 62. The van der Waals surface area contributed by atoms with E-state index in [1.54, 1.807) is 9.13 Å². The number of pyridine rings is 2. The van der Waals surface area contributed by atoms with E-state index in [9.17, 15) is 10.2 Å². The molecule has 104 heavy (non-hydrogen) atoms. The topological polar surface area (TPSA) is 133 Å². The van der Waals surface area contributed by atoms with Crippen molar-refractivity contribution < 1.29 is 10.2 Å². The molecule has 0 radical (unpaired) electrons. The highest BCUT2D eigenvalue weighted by molar-refractivity contribution is 6.31. The highest BCUT2D eigenvalue weighted by Gasteiger charge is 2.31. The van der Waals surface area contributed by atoms with Gasteiger partial charge >= 0.3 is 0 Å². The summed E-state index contributed by atoms with van der Waals surface area (Å²) < 4.78 is 3.33. The van der Waals surface area contributed by atoms with Crippen molar-refractivity contribution in [3.05, 3.63) is 31.4 Å². The minimum Gasteiger partial charge on any atom is -0.494 e. The van der Waals surface area contributed by atoms with Crippen LogP contribution in [0.5, 0.6) is 11.8 Å². The van der Waals surface area contributed by atoms with Crippen LogP contribution >= 0.6 is 0 Å². The third-order valence-electron chi connectivity index (χ3n) is 23.3. The lowest BCUT2D eigenvalue weighted by molar-refractivity contribution is 0.405. The van der Waals surface area contributed by atoms with Crippen LogP contribution in [0.1, 0.15) is 478 Å². The SMILES string of the molecule is CCCCCCCCCCCCCCCCN=c1c(=NCCCCCCCCCCCCCCCC)c2c(=O)n(CCCCCCCC)c(O)c3c(NCCCCCCCCCCCCCCCC)c(NCCCCCCCCCCCCCCCC)c4c(=O)n(CCCCCCCC)c(O)c1c4c32. The molecular formula is C94H170N6O4. The summed E-state index contributed by atoms with van der Waals surface area (Å²) in [4.78, 5) is 43.4. The van der Waals surface area contributed by atoms with Crippen LogP contribution in [0.15, 0.2) is 19.6 Å². The Morgan fingerprint density at radius 1 is 0.231 bits per heavy atom. The second-order valence-electron chi connectivity index (χ2n) is 32.8. The van der Waals surface area contributed by atoms with Gasteiger partial charge < -0.3 is 20.8 Å². The van der Waals surface area contributed by atoms with Crippen LogP contribution in [0.4, 0.5) is 11.4 Å². The maximum atomic E-state index is 16.1. The fourth-order valence-electron chi connectivity index (χ4n) is 16.6. The quantitative estimate of drug-likeness (QED) is 0.0257. The van der Waals surface area contributed by atoms with Crippen LogP contribution in [0.3, 0.4) is 0 Å². The molecule has 600 valence electrons. The first kappa shape index (κ1) is 92.6. The molecule has 4 rings (SSSR count). The first-order valence-corrected chi connectivity index (χ1v) is 46.7. The van der Waals surface area contributed by atoms with Crippen molar-refractivity contribution in [2.24, 2.45) is 9.98 Å². The molecule has 0 saturated carbocycles. The van der Waals surface area contributed by atoms with Crippen molar-refractivity contribution in [1.82, 2.24) is 9.13 Å². The summed E-state index contributed by atoms with van der Waals surface area (Å²) in [5.41, 5.74) is 0.888. The molecule has 0 unspecified atom stereocenters. The average Bonchev–Trinajstić information content (AvgIpc) is 0.686. The van der Waals surface area contributed by atoms with Crippen molar-refractivity contribution in [2.45, 2.75) is 491 Å². The zero-order chi connectivity index (χ0) is 74.4. The van der Waals surface area contributed by atoms with Gasteiger partial charge in [-0.2, -0.15) is 0 Å². The predicted octanol–water partition coefficient (Wildman–Crippen LogP) is 29.0. The summed E-state index contributed by atoms with van der Waals surface area (Å²) in [7, 11) is 0. The molecule has 0 aliphatic carbocycles. The first-order valence-electron chi connectivity index (χ1n) is 46.7. The summed E-state index contributed by atoms with van der Waals surface area (Å²) >= 11 is 0. The molecule has 0 aliphatic heterocycles. The minimum atomic E-state index is -0.267. The van der Waals surface area contributed by atoms with Gasteiger partial charge in [-0.05, 0) is 38.5 Å². The molecule has 0 spiro atoms. The smallest absolute Gasteiger partial charge is 0.263 e. The number of aromatic hydroxyl groups is 2. The molecule has 0 aliphatic rings. The Hall–Kier alpha value is -3.82. The molecule has 4 N–H and O–H groups in total. The zero-order valence-corrected chi connectivity index (χ0v) is 69.8. The van der Waals surface area contributed by atoms with E-state index in [1.165, 1.54) is 321 Å². The Morgan fingerprint density at radius 2 is 0.433 bits per heavy atom. The zero-order valence-electron chi connectivity index (χ0n) is 69.8. The summed E-state index contributed by atoms with van der Waals surface area (Å²) in [6.07, 6.45) is 84.3. The van der Waals surface area contributed by atoms with Crippen molar-refractivity contribution in [1.29, 1.82) is 0 Å². The third kappa shape index (κ3) is 38.0. The number of rotatable bonds is 76. The van der Waals surface area contributed by atoms with Gasteiger partial charge in [0.1, 0.15) is 0 Å². The van der Waals surface area contributed by atoms with Gasteiger partial charge in [0, 0.05) is 50.0 Å². The second kappa shape index (κ2) is 64.0. The van der Waals surface area contributed by atoms with E-state index in [2.05, 4.69) is 52.2 Å². The highest BCUT2D eigenvalue weighted by Crippen LogP contribution is 2.46. The number of nitrogens with zero attached hydrogens (tertiary/aromatic N) is 4. The Labute approximate surface area is 640 Å². The Kier molecular flexibility index (Phi) is 57.0. The highest BCUT2D eigenvalue weighted by atomic mass is 16.3. The van der Waals surface area contributed by atoms with E-state index in [0.717, 1.165) is 116 Å². The molecule has 0 saturated heterocycles. The molecule has 0 atom stereocenters. The number of benzene rings is 2. The Bertz CT molecular complexity index is 2910. The van der Waals surface area contributed by atoms with Crippen molar-refractivity contribution in [3.63, 3.8) is 0 Å². The fourth-order valence-corrected chi connectivity index (χ4v) is 16.6. The number of hydrogen-bond donors (Lipinski definition) is 4. The van der Waals surface area contributed by atoms with Gasteiger partial charge in [0.25, 0.3) is 11.1 Å². The van der Waals surface area contributed by atoms with Crippen LogP contribution in [0.2, 0.25) is 0 Å². The summed E-state index contributed by atoms with van der Waals surface area (Å²) in [6.45, 7) is 16.9. The van der Waals surface area contributed by atoms with E-state index >= 15 is 9.59 Å². The predicted molar refractivity (Wildman–Crippen MR) is 459 cm³/mol. The third-order valence-corrected chi connectivity index (χ3v) is 23.3. The van der Waals surface area contributed by atoms with Gasteiger partial charge in [0.05, 0.1) is 43.6 Å². The fraction of sp³-hybridized carbons (Fsp3) is 0.851. The van der Waals surface area contributed by atoms with Gasteiger partial charge in [-0.3, -0.25) is 28.7 Å². The lowest BCUT2D eigenvalue weighted by atomic mass is 9.91. The number of hydrogen-bond acceptors (Lipinski definition) is 8. The van der Waals surface area contributed by atoms with Crippen molar-refractivity contribution in [3.8, 4) is 11.8 Å². The monoisotopic (exact) mass is 1450 g/mol. The second-order valence-corrected chi connectivity index (χ2v) is 32.8. The van der Waals surface area contributed by atoms with Crippen molar-refractivity contribution >= 4 is 43.7 Å². The van der Waals surface area contributed by atoms with Crippen molar-refractivity contribution in [2.75, 3.05) is 36.8 Å². The standard InChI is InChI=1S/C94H170N6O4/c1-7-13-19-25-31-35-39-43-47-51-55-59-63-69-75-95-87-83-81-82-84(88(87)96-76-70-64-60-56-52-48-44-40-36-32-26-20-14-8-2)92(102)100(80-74-68-30-24-18-12-6)94(104)86(82)90(98-78-72-66-62-58-54-50-46-42-38-34-28-22-16-10-4)89(85(81)93(103)99(91(83)101)79-73-67-29-23-17-11-5)97-77-71-65-61-57-53-49-45-41-37-33-27-21-15-9-3/h95-96,101,104H,7-80H2,1-6H3. The maximum absolute atomic E-state index is 16.1. The molecule has 10 nitrogen and oxygen atoms in total. The molecule has 0 bridgehead atoms. The van der Waals surface area contributed by atoms with E-state index in [0.29, 0.717) is 93.7 Å².